The van der Waals surface area contributed by atoms with Gasteiger partial charge in [-0.2, -0.15) is 0 Å². The van der Waals surface area contributed by atoms with Crippen LogP contribution in [0.2, 0.25) is 0 Å². The number of hydrogen-bond donors (Lipinski definition) is 0. The highest BCUT2D eigenvalue weighted by molar-refractivity contribution is 5.84. The van der Waals surface area contributed by atoms with Crippen LogP contribution in [0.15, 0.2) is 52.4 Å². The van der Waals surface area contributed by atoms with Crippen molar-refractivity contribution < 1.29 is 28.4 Å². The van der Waals surface area contributed by atoms with E-state index in [1.807, 2.05) is 30.6 Å². The Hall–Kier alpha value is -4.27. The van der Waals surface area contributed by atoms with Crippen LogP contribution in [0.25, 0.3) is 0 Å². The monoisotopic (exact) mass is 1390 g/mol. The van der Waals surface area contributed by atoms with Crippen LogP contribution < -0.4 is 28.4 Å². The lowest BCUT2D eigenvalue weighted by Crippen LogP contribution is -2.06. The van der Waals surface area contributed by atoms with E-state index >= 15 is 0 Å². The standard InChI is InChI=1S/C91H159N3O6/c1-7-13-19-25-31-37-43-49-55-61-70-95-86-76-84(77-87(96-71-62-56-50-44-38-32-26-20-14-8-2)90(86)99-74-65-59-53-47-41-35-29-23-17-11-5)92-80-82-68-67-69-83(94-82)81-93-85-78-88(97-72-63-57-51-45-39-33-27-21-15-9-3)91(100-75-66-60-54-48-42-36-30-24-18-12-6)89(79-85)98-73-64-58-52-46-40-34-28-22-16-10-4/h67-69,76-81H,7-66,70-75H2,1-6H3. The highest BCUT2D eigenvalue weighted by atomic mass is 16.5. The summed E-state index contributed by atoms with van der Waals surface area (Å²) in [6.45, 7) is 17.6. The zero-order chi connectivity index (χ0) is 71.2. The van der Waals surface area contributed by atoms with Gasteiger partial charge in [0.1, 0.15) is 0 Å². The molecular formula is C91H159N3O6. The minimum absolute atomic E-state index is 0.633. The number of nitrogens with zero attached hydrogens (tertiary/aromatic N) is 3. The molecule has 9 nitrogen and oxygen atoms in total. The molecule has 2 aromatic carbocycles. The predicted molar refractivity (Wildman–Crippen MR) is 436 cm³/mol. The molecule has 574 valence electrons. The van der Waals surface area contributed by atoms with Crippen molar-refractivity contribution >= 4 is 23.8 Å². The lowest BCUT2D eigenvalue weighted by Gasteiger charge is -2.18. The van der Waals surface area contributed by atoms with Crippen molar-refractivity contribution in [2.24, 2.45) is 9.98 Å². The van der Waals surface area contributed by atoms with E-state index in [4.69, 9.17) is 43.4 Å². The zero-order valence-corrected chi connectivity index (χ0v) is 66.7. The Labute approximate surface area is 618 Å². The van der Waals surface area contributed by atoms with Gasteiger partial charge in [-0.1, -0.05) is 394 Å². The van der Waals surface area contributed by atoms with Crippen molar-refractivity contribution in [2.45, 2.75) is 427 Å². The number of benzene rings is 2. The first kappa shape index (κ1) is 89.9. The topological polar surface area (TPSA) is 93.0 Å². The highest BCUT2D eigenvalue weighted by Gasteiger charge is 2.19. The Morgan fingerprint density at radius 2 is 0.400 bits per heavy atom. The molecule has 0 atom stereocenters. The lowest BCUT2D eigenvalue weighted by atomic mass is 10.1. The van der Waals surface area contributed by atoms with E-state index in [2.05, 4.69) is 65.8 Å². The normalized spacial score (nSPS) is 11.7. The van der Waals surface area contributed by atoms with Crippen LogP contribution >= 0.6 is 0 Å². The quantitative estimate of drug-likeness (QED) is 0.0411. The fourth-order valence-corrected chi connectivity index (χ4v) is 13.5. The van der Waals surface area contributed by atoms with E-state index in [0.29, 0.717) is 39.6 Å². The second kappa shape index (κ2) is 69.1. The van der Waals surface area contributed by atoms with Gasteiger partial charge in [-0.15, -0.1) is 0 Å². The maximum atomic E-state index is 6.76. The summed E-state index contributed by atoms with van der Waals surface area (Å²) in [5.41, 5.74) is 2.99. The van der Waals surface area contributed by atoms with Crippen LogP contribution in [0, 0.1) is 0 Å². The Morgan fingerprint density at radius 3 is 0.590 bits per heavy atom. The largest absolute Gasteiger partial charge is 0.489 e. The van der Waals surface area contributed by atoms with Gasteiger partial charge in [0.05, 0.1) is 74.8 Å². The Balaban J connectivity index is 1.92. The number of ether oxygens (including phenoxy) is 6. The number of aliphatic imine (C=N–C) groups is 2. The Morgan fingerprint density at radius 1 is 0.230 bits per heavy atom. The number of unbranched alkanes of at least 4 members (excludes halogenated alkanes) is 54. The average molecular weight is 1390 g/mol. The van der Waals surface area contributed by atoms with Gasteiger partial charge in [0, 0.05) is 24.3 Å². The first-order valence-corrected chi connectivity index (χ1v) is 43.7. The van der Waals surface area contributed by atoms with Crippen molar-refractivity contribution in [1.82, 2.24) is 4.98 Å². The number of aromatic nitrogens is 1. The van der Waals surface area contributed by atoms with E-state index in [9.17, 15) is 0 Å². The summed E-state index contributed by atoms with van der Waals surface area (Å²) in [5, 5.41) is 0. The molecule has 0 aliphatic rings. The van der Waals surface area contributed by atoms with Gasteiger partial charge in [0.15, 0.2) is 23.0 Å². The van der Waals surface area contributed by atoms with Gasteiger partial charge in [-0.05, 0) is 50.7 Å². The smallest absolute Gasteiger partial charge is 0.203 e. The summed E-state index contributed by atoms with van der Waals surface area (Å²) in [5.74, 6) is 4.33. The molecule has 0 saturated heterocycles. The van der Waals surface area contributed by atoms with E-state index in [-0.39, 0.29) is 0 Å². The van der Waals surface area contributed by atoms with Gasteiger partial charge in [0.2, 0.25) is 11.5 Å². The van der Waals surface area contributed by atoms with Gasteiger partial charge in [0.25, 0.3) is 0 Å². The molecule has 0 spiro atoms. The molecule has 100 heavy (non-hydrogen) atoms. The molecule has 3 aromatic rings. The van der Waals surface area contributed by atoms with Crippen molar-refractivity contribution in [2.75, 3.05) is 39.6 Å². The summed E-state index contributed by atoms with van der Waals surface area (Å²) in [7, 11) is 0. The third-order valence-corrected chi connectivity index (χ3v) is 20.0. The van der Waals surface area contributed by atoms with Crippen LogP contribution in [0.5, 0.6) is 34.5 Å². The molecule has 0 N–H and O–H groups in total. The zero-order valence-electron chi connectivity index (χ0n) is 66.7. The van der Waals surface area contributed by atoms with E-state index in [1.165, 1.54) is 321 Å². The molecular weight excluding hydrogens is 1230 g/mol. The predicted octanol–water partition coefficient (Wildman–Crippen LogP) is 30.4. The molecule has 1 heterocycles. The SMILES string of the molecule is CCCCCCCCCCCCOc1cc(N=Cc2cccc(C=Nc3cc(OCCCCCCCCCCCC)c(OCCCCCCCCCCCC)c(OCCCCCCCCCCCC)c3)n2)cc(OCCCCCCCCCCCC)c1OCCCCCCCCCCCC. The lowest BCUT2D eigenvalue weighted by molar-refractivity contribution is 0.234. The van der Waals surface area contributed by atoms with Crippen LogP contribution in [0.3, 0.4) is 0 Å². The molecule has 0 saturated carbocycles. The molecule has 0 aliphatic carbocycles. The highest BCUT2D eigenvalue weighted by Crippen LogP contribution is 2.44. The summed E-state index contributed by atoms with van der Waals surface area (Å²) in [4.78, 5) is 15.3. The summed E-state index contributed by atoms with van der Waals surface area (Å²) < 4.78 is 40.5. The fourth-order valence-electron chi connectivity index (χ4n) is 13.5. The molecule has 0 amide bonds. The van der Waals surface area contributed by atoms with Crippen molar-refractivity contribution in [3.8, 4) is 34.5 Å². The Bertz CT molecular complexity index is 2070. The van der Waals surface area contributed by atoms with Crippen LogP contribution in [0.1, 0.15) is 438 Å². The minimum atomic E-state index is 0.633. The van der Waals surface area contributed by atoms with Crippen molar-refractivity contribution in [3.05, 3.63) is 53.9 Å². The molecule has 3 rings (SSSR count). The first-order chi connectivity index (χ1) is 49.6. The second-order valence-electron chi connectivity index (χ2n) is 29.7. The maximum absolute atomic E-state index is 6.76. The molecule has 0 aliphatic heterocycles. The summed E-state index contributed by atoms with van der Waals surface area (Å²) >= 11 is 0. The first-order valence-electron chi connectivity index (χ1n) is 43.7. The minimum Gasteiger partial charge on any atom is -0.489 e. The van der Waals surface area contributed by atoms with E-state index in [1.54, 1.807) is 0 Å². The van der Waals surface area contributed by atoms with Crippen molar-refractivity contribution in [3.63, 3.8) is 0 Å². The molecule has 1 aromatic heterocycles. The van der Waals surface area contributed by atoms with E-state index in [0.717, 1.165) is 121 Å². The van der Waals surface area contributed by atoms with Crippen molar-refractivity contribution in [1.29, 1.82) is 0 Å². The van der Waals surface area contributed by atoms with Crippen LogP contribution in [-0.4, -0.2) is 57.1 Å². The summed E-state index contributed by atoms with van der Waals surface area (Å²) in [6.07, 6.45) is 80.7. The number of rotatable bonds is 76. The van der Waals surface area contributed by atoms with Gasteiger partial charge in [-0.3, -0.25) is 9.98 Å². The third kappa shape index (κ3) is 51.0. The maximum Gasteiger partial charge on any atom is 0.203 e. The fraction of sp³-hybridized carbons (Fsp3) is 0.791. The second-order valence-corrected chi connectivity index (χ2v) is 29.7. The van der Waals surface area contributed by atoms with Gasteiger partial charge < -0.3 is 28.4 Å². The molecule has 0 radical (unpaired) electrons. The van der Waals surface area contributed by atoms with Crippen LogP contribution in [-0.2, 0) is 0 Å². The molecule has 0 bridgehead atoms. The van der Waals surface area contributed by atoms with E-state index < -0.39 is 0 Å². The number of hydrogen-bond acceptors (Lipinski definition) is 9. The summed E-state index contributed by atoms with van der Waals surface area (Å²) in [6, 6.07) is 14.3. The van der Waals surface area contributed by atoms with Gasteiger partial charge >= 0.3 is 0 Å². The third-order valence-electron chi connectivity index (χ3n) is 20.0. The Kier molecular flexibility index (Phi) is 62.2. The van der Waals surface area contributed by atoms with Crippen LogP contribution in [0.4, 0.5) is 11.4 Å². The number of pyridine rings is 1. The van der Waals surface area contributed by atoms with Gasteiger partial charge in [-0.25, -0.2) is 4.98 Å². The average Bonchev–Trinajstić information content (AvgIpc) is 0.840. The molecule has 0 unspecified atom stereocenters. The molecule has 0 fully saturated rings. The molecule has 9 heteroatoms.